The van der Waals surface area contributed by atoms with Crippen LogP contribution in [0, 0.1) is 27.7 Å². The second-order valence-electron chi connectivity index (χ2n) is 8.74. The number of benzene rings is 2. The van der Waals surface area contributed by atoms with Crippen molar-refractivity contribution in [3.05, 3.63) is 92.5 Å². The summed E-state index contributed by atoms with van der Waals surface area (Å²) < 4.78 is 2.94. The molecule has 3 aromatic heterocycles. The molecule has 5 aromatic rings. The van der Waals surface area contributed by atoms with Crippen LogP contribution in [-0.2, 0) is 7.05 Å². The lowest BCUT2D eigenvalue weighted by atomic mass is 10.1. The molecule has 35 heavy (non-hydrogen) atoms. The molecule has 3 heterocycles. The zero-order valence-corrected chi connectivity index (χ0v) is 21.0. The summed E-state index contributed by atoms with van der Waals surface area (Å²) in [7, 11) is 1.55. The van der Waals surface area contributed by atoms with Gasteiger partial charge in [0, 0.05) is 40.3 Å². The van der Waals surface area contributed by atoms with E-state index in [1.165, 1.54) is 15.8 Å². The zero-order chi connectivity index (χ0) is 24.9. The first-order valence-electron chi connectivity index (χ1n) is 11.2. The van der Waals surface area contributed by atoms with Crippen LogP contribution in [0.1, 0.15) is 33.0 Å². The molecular formula is C27H25N5O2S. The van der Waals surface area contributed by atoms with Gasteiger partial charge in [0.25, 0.3) is 11.5 Å². The summed E-state index contributed by atoms with van der Waals surface area (Å²) in [6.45, 7) is 8.06. The Bertz CT molecular complexity index is 1680. The lowest BCUT2D eigenvalue weighted by molar-refractivity contribution is 0.100. The summed E-state index contributed by atoms with van der Waals surface area (Å²) in [5.74, 6) is -0.389. The van der Waals surface area contributed by atoms with E-state index >= 15 is 0 Å². The highest BCUT2D eigenvalue weighted by molar-refractivity contribution is 7.13. The number of nitrogens with one attached hydrogen (secondary N) is 1. The van der Waals surface area contributed by atoms with Crippen LogP contribution in [0.3, 0.4) is 0 Å². The zero-order valence-electron chi connectivity index (χ0n) is 20.2. The predicted octanol–water partition coefficient (Wildman–Crippen LogP) is 5.14. The molecule has 176 valence electrons. The van der Waals surface area contributed by atoms with Crippen molar-refractivity contribution in [3.63, 3.8) is 0 Å². The fourth-order valence-corrected chi connectivity index (χ4v) is 5.30. The third kappa shape index (κ3) is 3.95. The molecule has 0 spiro atoms. The second-order valence-corrected chi connectivity index (χ2v) is 9.60. The summed E-state index contributed by atoms with van der Waals surface area (Å²) in [4.78, 5) is 30.6. The first-order valence-corrected chi connectivity index (χ1v) is 12.1. The Morgan fingerprint density at radius 1 is 0.971 bits per heavy atom. The minimum absolute atomic E-state index is 0.197. The molecule has 0 bridgehead atoms. The van der Waals surface area contributed by atoms with E-state index in [1.54, 1.807) is 47.3 Å². The molecule has 7 nitrogen and oxygen atoms in total. The number of nitrogens with zero attached hydrogens (tertiary/aromatic N) is 4. The van der Waals surface area contributed by atoms with Gasteiger partial charge in [-0.15, -0.1) is 11.3 Å². The highest BCUT2D eigenvalue weighted by Gasteiger charge is 2.20. The Morgan fingerprint density at radius 2 is 1.71 bits per heavy atom. The molecule has 0 aliphatic carbocycles. The fourth-order valence-electron chi connectivity index (χ4n) is 4.39. The topological polar surface area (TPSA) is 81.8 Å². The standard InChI is InChI=1S/C27H25N5O2S/c1-15-10-11-19(16(2)12-15)26-28-23(14-35-26)22-13-17(3)32(18(22)4)30-25(33)24-20-8-6-7-9-21(20)27(34)31(5)29-24/h6-14H,1-5H3,(H,30,33). The summed E-state index contributed by atoms with van der Waals surface area (Å²) in [5.41, 5.74) is 10.00. The fraction of sp³-hybridized carbons (Fsp3) is 0.185. The van der Waals surface area contributed by atoms with E-state index in [-0.39, 0.29) is 17.2 Å². The third-order valence-electron chi connectivity index (χ3n) is 6.21. The molecule has 0 aliphatic heterocycles. The van der Waals surface area contributed by atoms with Gasteiger partial charge in [0.15, 0.2) is 5.69 Å². The summed E-state index contributed by atoms with van der Waals surface area (Å²) in [6.07, 6.45) is 0. The largest absolute Gasteiger partial charge is 0.291 e. The Kier molecular flexibility index (Phi) is 5.61. The number of hydrogen-bond donors (Lipinski definition) is 1. The van der Waals surface area contributed by atoms with Crippen LogP contribution in [0.2, 0.25) is 0 Å². The molecule has 0 unspecified atom stereocenters. The van der Waals surface area contributed by atoms with Crippen LogP contribution in [0.15, 0.2) is 58.7 Å². The maximum absolute atomic E-state index is 13.3. The van der Waals surface area contributed by atoms with Crippen molar-refractivity contribution in [1.82, 2.24) is 19.4 Å². The van der Waals surface area contributed by atoms with Gasteiger partial charge in [-0.25, -0.2) is 9.67 Å². The van der Waals surface area contributed by atoms with E-state index in [4.69, 9.17) is 4.98 Å². The predicted molar refractivity (Wildman–Crippen MR) is 141 cm³/mol. The molecule has 0 saturated carbocycles. The number of carbonyl (C=O) groups is 1. The summed E-state index contributed by atoms with van der Waals surface area (Å²) >= 11 is 1.61. The average molecular weight is 484 g/mol. The molecule has 8 heteroatoms. The van der Waals surface area contributed by atoms with Crippen LogP contribution in [0.25, 0.3) is 32.6 Å². The molecular weight excluding hydrogens is 458 g/mol. The van der Waals surface area contributed by atoms with Crippen LogP contribution >= 0.6 is 11.3 Å². The van der Waals surface area contributed by atoms with Crippen molar-refractivity contribution in [2.45, 2.75) is 27.7 Å². The molecule has 0 saturated heterocycles. The van der Waals surface area contributed by atoms with Gasteiger partial charge >= 0.3 is 0 Å². The lowest BCUT2D eigenvalue weighted by Gasteiger charge is -2.13. The number of fused-ring (bicyclic) bond motifs is 1. The Balaban J connectivity index is 1.49. The Labute approximate surface area is 206 Å². The van der Waals surface area contributed by atoms with Crippen molar-refractivity contribution < 1.29 is 4.79 Å². The first-order chi connectivity index (χ1) is 16.7. The second kappa shape index (κ2) is 8.63. The molecule has 1 N–H and O–H groups in total. The van der Waals surface area contributed by atoms with Gasteiger partial charge in [-0.3, -0.25) is 19.7 Å². The highest BCUT2D eigenvalue weighted by atomic mass is 32.1. The van der Waals surface area contributed by atoms with Gasteiger partial charge in [0.1, 0.15) is 5.01 Å². The molecule has 0 atom stereocenters. The quantitative estimate of drug-likeness (QED) is 0.384. The van der Waals surface area contributed by atoms with E-state index in [2.05, 4.69) is 42.6 Å². The number of rotatable bonds is 4. The normalized spacial score (nSPS) is 11.2. The summed E-state index contributed by atoms with van der Waals surface area (Å²) in [6, 6.07) is 15.4. The molecule has 5 rings (SSSR count). The highest BCUT2D eigenvalue weighted by Crippen LogP contribution is 2.33. The number of hydrogen-bond acceptors (Lipinski definition) is 5. The van der Waals surface area contributed by atoms with Crippen LogP contribution < -0.4 is 11.0 Å². The van der Waals surface area contributed by atoms with Crippen molar-refractivity contribution in [3.8, 4) is 21.8 Å². The van der Waals surface area contributed by atoms with E-state index in [0.29, 0.717) is 10.8 Å². The van der Waals surface area contributed by atoms with E-state index in [0.717, 1.165) is 33.2 Å². The molecule has 1 amide bonds. The average Bonchev–Trinajstić information content (AvgIpc) is 3.42. The van der Waals surface area contributed by atoms with Crippen molar-refractivity contribution >= 4 is 28.0 Å². The molecule has 0 aliphatic rings. The van der Waals surface area contributed by atoms with E-state index in [1.807, 2.05) is 25.3 Å². The van der Waals surface area contributed by atoms with Crippen LogP contribution in [0.4, 0.5) is 0 Å². The minimum Gasteiger partial charge on any atom is -0.267 e. The monoisotopic (exact) mass is 483 g/mol. The maximum atomic E-state index is 13.3. The SMILES string of the molecule is Cc1ccc(-c2nc(-c3cc(C)n(NC(=O)c4nn(C)c(=O)c5ccccc45)c3C)cs2)c(C)c1. The van der Waals surface area contributed by atoms with E-state index < -0.39 is 0 Å². The maximum Gasteiger partial charge on any atom is 0.291 e. The smallest absolute Gasteiger partial charge is 0.267 e. The van der Waals surface area contributed by atoms with Crippen molar-refractivity contribution in [2.75, 3.05) is 5.43 Å². The summed E-state index contributed by atoms with van der Waals surface area (Å²) in [5, 5.41) is 8.23. The third-order valence-corrected chi connectivity index (χ3v) is 7.08. The van der Waals surface area contributed by atoms with Crippen molar-refractivity contribution in [2.24, 2.45) is 7.05 Å². The van der Waals surface area contributed by atoms with Gasteiger partial charge in [-0.2, -0.15) is 5.10 Å². The Morgan fingerprint density at radius 3 is 2.46 bits per heavy atom. The lowest BCUT2D eigenvalue weighted by Crippen LogP contribution is -2.29. The molecule has 0 radical (unpaired) electrons. The molecule has 2 aromatic carbocycles. The van der Waals surface area contributed by atoms with Crippen molar-refractivity contribution in [1.29, 1.82) is 0 Å². The number of aromatic nitrogens is 4. The number of aryl methyl sites for hydroxylation is 4. The Hall–Kier alpha value is -4.04. The van der Waals surface area contributed by atoms with Gasteiger partial charge in [0.2, 0.25) is 0 Å². The van der Waals surface area contributed by atoms with Gasteiger partial charge in [0.05, 0.1) is 11.1 Å². The first kappa shape index (κ1) is 22.7. The number of carbonyl (C=O) groups excluding carboxylic acids is 1. The number of thiazole rings is 1. The van der Waals surface area contributed by atoms with Crippen LogP contribution in [-0.4, -0.2) is 25.3 Å². The minimum atomic E-state index is -0.389. The van der Waals surface area contributed by atoms with Crippen LogP contribution in [0.5, 0.6) is 0 Å². The van der Waals surface area contributed by atoms with Gasteiger partial charge < -0.3 is 0 Å². The van der Waals surface area contributed by atoms with Gasteiger partial charge in [-0.05, 0) is 45.4 Å². The molecule has 0 fully saturated rings. The van der Waals surface area contributed by atoms with E-state index in [9.17, 15) is 9.59 Å². The van der Waals surface area contributed by atoms with Gasteiger partial charge in [-0.1, -0.05) is 42.0 Å². The number of amides is 1.